The molecule has 2 aromatic rings. The van der Waals surface area contributed by atoms with Gasteiger partial charge in [-0.1, -0.05) is 71.3 Å². The van der Waals surface area contributed by atoms with Gasteiger partial charge >= 0.3 is 0 Å². The molecule has 0 aliphatic heterocycles. The zero-order valence-corrected chi connectivity index (χ0v) is 15.0. The fourth-order valence-corrected chi connectivity index (χ4v) is 2.71. The van der Waals surface area contributed by atoms with Crippen LogP contribution in [-0.2, 0) is 10.8 Å². The van der Waals surface area contributed by atoms with Crippen LogP contribution in [0.2, 0.25) is 5.02 Å². The lowest BCUT2D eigenvalue weighted by Gasteiger charge is -2.27. The van der Waals surface area contributed by atoms with E-state index in [0.29, 0.717) is 10.8 Å². The lowest BCUT2D eigenvalue weighted by atomic mass is 9.78. The van der Waals surface area contributed by atoms with E-state index in [4.69, 9.17) is 11.6 Å². The van der Waals surface area contributed by atoms with Gasteiger partial charge < -0.3 is 5.11 Å². The highest BCUT2D eigenvalue weighted by Crippen LogP contribution is 2.42. The van der Waals surface area contributed by atoms with Gasteiger partial charge in [0.15, 0.2) is 0 Å². The van der Waals surface area contributed by atoms with Crippen molar-refractivity contribution in [3.05, 3.63) is 52.5 Å². The summed E-state index contributed by atoms with van der Waals surface area (Å²) in [6, 6.07) is 11.9. The number of benzene rings is 2. The molecule has 118 valence electrons. The predicted octanol–water partition coefficient (Wildman–Crippen LogP) is 6.31. The minimum absolute atomic E-state index is 0.0149. The Morgan fingerprint density at radius 2 is 1.50 bits per heavy atom. The van der Waals surface area contributed by atoms with Crippen LogP contribution in [0.4, 0.5) is 0 Å². The molecule has 0 spiro atoms. The Balaban J connectivity index is 2.78. The number of phenolic OH excluding ortho intramolecular Hbond substituents is 1. The molecule has 2 aromatic carbocycles. The SMILES string of the molecule is CC(C)(C)c1cc(-c2cccc(Cl)c2)c(O)c(C(C)(C)C)c1. The number of halogens is 1. The first-order chi connectivity index (χ1) is 10.00. The summed E-state index contributed by atoms with van der Waals surface area (Å²) in [5.74, 6) is 0.350. The normalized spacial score (nSPS) is 12.5. The molecule has 0 aromatic heterocycles. The van der Waals surface area contributed by atoms with E-state index in [1.807, 2.05) is 24.3 Å². The smallest absolute Gasteiger partial charge is 0.127 e. The Kier molecular flexibility index (Phi) is 4.32. The molecular weight excluding hydrogens is 292 g/mol. The fraction of sp³-hybridized carbons (Fsp3) is 0.400. The molecule has 0 saturated carbocycles. The number of rotatable bonds is 1. The van der Waals surface area contributed by atoms with Gasteiger partial charge in [0, 0.05) is 16.1 Å². The molecule has 0 unspecified atom stereocenters. The van der Waals surface area contributed by atoms with Crippen molar-refractivity contribution >= 4 is 11.6 Å². The van der Waals surface area contributed by atoms with Crippen molar-refractivity contribution in [1.29, 1.82) is 0 Å². The van der Waals surface area contributed by atoms with E-state index in [-0.39, 0.29) is 10.8 Å². The number of aromatic hydroxyl groups is 1. The second-order valence-electron chi connectivity index (χ2n) is 7.93. The van der Waals surface area contributed by atoms with Crippen LogP contribution in [-0.4, -0.2) is 5.11 Å². The third kappa shape index (κ3) is 3.47. The van der Waals surface area contributed by atoms with E-state index in [1.54, 1.807) is 0 Å². The average molecular weight is 317 g/mol. The first-order valence-electron chi connectivity index (χ1n) is 7.64. The number of phenols is 1. The molecule has 0 amide bonds. The second kappa shape index (κ2) is 5.62. The Morgan fingerprint density at radius 1 is 0.864 bits per heavy atom. The molecule has 0 heterocycles. The average Bonchev–Trinajstić information content (AvgIpc) is 2.36. The third-order valence-corrected chi connectivity index (χ3v) is 4.15. The van der Waals surface area contributed by atoms with Crippen molar-refractivity contribution in [3.63, 3.8) is 0 Å². The predicted molar refractivity (Wildman–Crippen MR) is 96.0 cm³/mol. The second-order valence-corrected chi connectivity index (χ2v) is 8.37. The Morgan fingerprint density at radius 3 is 2.00 bits per heavy atom. The molecule has 2 rings (SSSR count). The topological polar surface area (TPSA) is 20.2 Å². The van der Waals surface area contributed by atoms with Crippen LogP contribution < -0.4 is 0 Å². The zero-order valence-electron chi connectivity index (χ0n) is 14.3. The Bertz CT molecular complexity index is 688. The summed E-state index contributed by atoms with van der Waals surface area (Å²) in [6.07, 6.45) is 0. The summed E-state index contributed by atoms with van der Waals surface area (Å²) in [5, 5.41) is 11.5. The van der Waals surface area contributed by atoms with Crippen LogP contribution in [0.1, 0.15) is 52.7 Å². The minimum atomic E-state index is -0.126. The number of hydrogen-bond donors (Lipinski definition) is 1. The molecular formula is C20H25ClO. The first-order valence-corrected chi connectivity index (χ1v) is 8.02. The molecule has 0 radical (unpaired) electrons. The highest BCUT2D eigenvalue weighted by atomic mass is 35.5. The molecule has 0 atom stereocenters. The summed E-state index contributed by atoms with van der Waals surface area (Å²) in [4.78, 5) is 0. The van der Waals surface area contributed by atoms with Crippen LogP contribution in [0.3, 0.4) is 0 Å². The van der Waals surface area contributed by atoms with Crippen LogP contribution in [0.5, 0.6) is 5.75 Å². The van der Waals surface area contributed by atoms with Crippen LogP contribution >= 0.6 is 11.6 Å². The van der Waals surface area contributed by atoms with Crippen molar-refractivity contribution < 1.29 is 5.11 Å². The van der Waals surface area contributed by atoms with E-state index in [9.17, 15) is 5.11 Å². The third-order valence-electron chi connectivity index (χ3n) is 3.92. The molecule has 22 heavy (non-hydrogen) atoms. The standard InChI is InChI=1S/C20H25ClO/c1-19(2,3)14-11-16(13-8-7-9-15(21)10-13)18(22)17(12-14)20(4,5)6/h7-12,22H,1-6H3. The van der Waals surface area contributed by atoms with Crippen LogP contribution in [0, 0.1) is 0 Å². The van der Waals surface area contributed by atoms with Gasteiger partial charge in [-0.2, -0.15) is 0 Å². The maximum absolute atomic E-state index is 10.8. The summed E-state index contributed by atoms with van der Waals surface area (Å²) < 4.78 is 0. The largest absolute Gasteiger partial charge is 0.507 e. The van der Waals surface area contributed by atoms with Gasteiger partial charge in [0.25, 0.3) is 0 Å². The van der Waals surface area contributed by atoms with Gasteiger partial charge in [-0.25, -0.2) is 0 Å². The van der Waals surface area contributed by atoms with Gasteiger partial charge in [-0.05, 0) is 40.2 Å². The Hall–Kier alpha value is -1.47. The lowest BCUT2D eigenvalue weighted by Crippen LogP contribution is -2.17. The minimum Gasteiger partial charge on any atom is -0.507 e. The van der Waals surface area contributed by atoms with Gasteiger partial charge in [-0.3, -0.25) is 0 Å². The van der Waals surface area contributed by atoms with Crippen molar-refractivity contribution in [2.75, 3.05) is 0 Å². The molecule has 0 aliphatic rings. The van der Waals surface area contributed by atoms with Crippen molar-refractivity contribution in [2.24, 2.45) is 0 Å². The van der Waals surface area contributed by atoms with Gasteiger partial charge in [-0.15, -0.1) is 0 Å². The molecule has 2 heteroatoms. The highest BCUT2D eigenvalue weighted by molar-refractivity contribution is 6.30. The van der Waals surface area contributed by atoms with Crippen molar-refractivity contribution in [2.45, 2.75) is 52.4 Å². The van der Waals surface area contributed by atoms with Crippen LogP contribution in [0.15, 0.2) is 36.4 Å². The lowest BCUT2D eigenvalue weighted by molar-refractivity contribution is 0.446. The van der Waals surface area contributed by atoms with Crippen molar-refractivity contribution in [3.8, 4) is 16.9 Å². The molecule has 0 aliphatic carbocycles. The van der Waals surface area contributed by atoms with E-state index in [2.05, 4.69) is 53.7 Å². The summed E-state index contributed by atoms with van der Waals surface area (Å²) in [6.45, 7) is 12.9. The zero-order chi connectivity index (χ0) is 16.7. The molecule has 1 N–H and O–H groups in total. The number of hydrogen-bond acceptors (Lipinski definition) is 1. The van der Waals surface area contributed by atoms with E-state index in [1.165, 1.54) is 5.56 Å². The summed E-state index contributed by atoms with van der Waals surface area (Å²) in [7, 11) is 0. The van der Waals surface area contributed by atoms with Crippen LogP contribution in [0.25, 0.3) is 11.1 Å². The monoisotopic (exact) mass is 316 g/mol. The summed E-state index contributed by atoms with van der Waals surface area (Å²) in [5.41, 5.74) is 3.86. The quantitative estimate of drug-likeness (QED) is 0.653. The summed E-state index contributed by atoms with van der Waals surface area (Å²) >= 11 is 6.12. The maximum atomic E-state index is 10.8. The molecule has 0 fully saturated rings. The maximum Gasteiger partial charge on any atom is 0.127 e. The van der Waals surface area contributed by atoms with E-state index >= 15 is 0 Å². The molecule has 0 saturated heterocycles. The Labute approximate surface area is 139 Å². The first kappa shape index (κ1) is 16.9. The van der Waals surface area contributed by atoms with E-state index < -0.39 is 0 Å². The fourth-order valence-electron chi connectivity index (χ4n) is 2.52. The van der Waals surface area contributed by atoms with Gasteiger partial charge in [0.2, 0.25) is 0 Å². The van der Waals surface area contributed by atoms with E-state index in [0.717, 1.165) is 16.7 Å². The van der Waals surface area contributed by atoms with Gasteiger partial charge in [0.1, 0.15) is 5.75 Å². The molecule has 0 bridgehead atoms. The van der Waals surface area contributed by atoms with Gasteiger partial charge in [0.05, 0.1) is 0 Å². The highest BCUT2D eigenvalue weighted by Gasteiger charge is 2.25. The van der Waals surface area contributed by atoms with Crippen molar-refractivity contribution in [1.82, 2.24) is 0 Å². The molecule has 1 nitrogen and oxygen atoms in total.